The monoisotopic (exact) mass is 303 g/mol. The summed E-state index contributed by atoms with van der Waals surface area (Å²) >= 11 is 0. The van der Waals surface area contributed by atoms with E-state index in [9.17, 15) is 9.59 Å². The van der Waals surface area contributed by atoms with E-state index in [1.54, 1.807) is 0 Å². The Morgan fingerprint density at radius 1 is 1.05 bits per heavy atom. The lowest BCUT2D eigenvalue weighted by Gasteiger charge is -2.23. The van der Waals surface area contributed by atoms with Crippen molar-refractivity contribution in [3.05, 3.63) is 35.9 Å². The van der Waals surface area contributed by atoms with E-state index in [4.69, 9.17) is 0 Å². The van der Waals surface area contributed by atoms with Crippen molar-refractivity contribution in [2.45, 2.75) is 38.1 Å². The first kappa shape index (κ1) is 16.5. The average molecular weight is 303 g/mol. The molecule has 1 heterocycles. The van der Waals surface area contributed by atoms with E-state index >= 15 is 0 Å². The largest absolute Gasteiger partial charge is 0.348 e. The first-order valence-corrected chi connectivity index (χ1v) is 8.09. The summed E-state index contributed by atoms with van der Waals surface area (Å²) in [6, 6.07) is 10.4. The smallest absolute Gasteiger partial charge is 0.309 e. The molecule has 1 aliphatic rings. The van der Waals surface area contributed by atoms with Crippen molar-refractivity contribution >= 4 is 11.8 Å². The molecular weight excluding hydrogens is 278 g/mol. The molecule has 1 fully saturated rings. The molecule has 1 atom stereocenters. The summed E-state index contributed by atoms with van der Waals surface area (Å²) in [7, 11) is 0. The summed E-state index contributed by atoms with van der Waals surface area (Å²) in [5, 5.41) is 8.76. The summed E-state index contributed by atoms with van der Waals surface area (Å²) < 4.78 is 0. The van der Waals surface area contributed by atoms with E-state index in [0.29, 0.717) is 19.1 Å². The van der Waals surface area contributed by atoms with Crippen LogP contribution in [0.4, 0.5) is 0 Å². The van der Waals surface area contributed by atoms with Gasteiger partial charge in [0.15, 0.2) is 0 Å². The zero-order valence-corrected chi connectivity index (χ0v) is 12.9. The van der Waals surface area contributed by atoms with Crippen molar-refractivity contribution in [1.29, 1.82) is 0 Å². The summed E-state index contributed by atoms with van der Waals surface area (Å²) in [6.07, 6.45) is 5.23. The number of carbonyl (C=O) groups excluding carboxylic acids is 2. The molecular formula is C17H25N3O2. The van der Waals surface area contributed by atoms with Crippen LogP contribution in [0.3, 0.4) is 0 Å². The Labute approximate surface area is 131 Å². The van der Waals surface area contributed by atoms with Crippen molar-refractivity contribution in [3.8, 4) is 0 Å². The van der Waals surface area contributed by atoms with Crippen LogP contribution in [0.15, 0.2) is 30.3 Å². The fourth-order valence-electron chi connectivity index (χ4n) is 2.66. The maximum Gasteiger partial charge on any atom is 0.309 e. The molecule has 1 aromatic rings. The molecule has 0 aromatic heterocycles. The third-order valence-corrected chi connectivity index (χ3v) is 3.94. The zero-order chi connectivity index (χ0) is 15.6. The number of hydrogen-bond acceptors (Lipinski definition) is 3. The predicted octanol–water partition coefficient (Wildman–Crippen LogP) is 0.994. The van der Waals surface area contributed by atoms with Gasteiger partial charge in [-0.3, -0.25) is 9.59 Å². The lowest BCUT2D eigenvalue weighted by atomic mass is 10.0. The van der Waals surface area contributed by atoms with Gasteiger partial charge in [0.2, 0.25) is 0 Å². The van der Waals surface area contributed by atoms with Crippen molar-refractivity contribution in [2.24, 2.45) is 0 Å². The fourth-order valence-corrected chi connectivity index (χ4v) is 2.66. The number of hydrogen-bond donors (Lipinski definition) is 3. The van der Waals surface area contributed by atoms with Crippen molar-refractivity contribution < 1.29 is 9.59 Å². The van der Waals surface area contributed by atoms with Gasteiger partial charge >= 0.3 is 11.8 Å². The van der Waals surface area contributed by atoms with Gasteiger partial charge in [0.25, 0.3) is 0 Å². The quantitative estimate of drug-likeness (QED) is 0.687. The van der Waals surface area contributed by atoms with Crippen LogP contribution in [0.1, 0.15) is 31.2 Å². The first-order valence-electron chi connectivity index (χ1n) is 8.09. The first-order chi connectivity index (χ1) is 10.8. The Morgan fingerprint density at radius 2 is 1.77 bits per heavy atom. The number of benzene rings is 1. The Kier molecular flexibility index (Phi) is 6.90. The van der Waals surface area contributed by atoms with Crippen LogP contribution < -0.4 is 16.0 Å². The van der Waals surface area contributed by atoms with Gasteiger partial charge in [0.05, 0.1) is 0 Å². The lowest BCUT2D eigenvalue weighted by molar-refractivity contribution is -0.139. The molecule has 2 amide bonds. The van der Waals surface area contributed by atoms with Crippen LogP contribution in [0.25, 0.3) is 0 Å². The zero-order valence-electron chi connectivity index (χ0n) is 12.9. The summed E-state index contributed by atoms with van der Waals surface area (Å²) in [4.78, 5) is 23.4. The van der Waals surface area contributed by atoms with E-state index in [1.165, 1.54) is 12.8 Å². The van der Waals surface area contributed by atoms with E-state index in [-0.39, 0.29) is 0 Å². The standard InChI is InChI=1S/C17H25N3O2/c21-16(19-12-9-14-6-2-1-3-7-14)17(22)20-13-10-15-8-4-5-11-18-15/h1-3,6-7,15,18H,4-5,8-13H2,(H,19,21)(H,20,22)/t15-/m1/s1. The number of piperidine rings is 1. The van der Waals surface area contributed by atoms with Crippen LogP contribution in [0, 0.1) is 0 Å². The molecule has 1 saturated heterocycles. The van der Waals surface area contributed by atoms with Crippen molar-refractivity contribution in [3.63, 3.8) is 0 Å². The highest BCUT2D eigenvalue weighted by atomic mass is 16.2. The van der Waals surface area contributed by atoms with Gasteiger partial charge in [-0.15, -0.1) is 0 Å². The molecule has 120 valence electrons. The number of carbonyl (C=O) groups is 2. The molecule has 1 aliphatic heterocycles. The molecule has 5 heteroatoms. The Morgan fingerprint density at radius 3 is 2.45 bits per heavy atom. The van der Waals surface area contributed by atoms with Crippen LogP contribution in [-0.4, -0.2) is 37.5 Å². The minimum Gasteiger partial charge on any atom is -0.348 e. The van der Waals surface area contributed by atoms with Gasteiger partial charge < -0.3 is 16.0 Å². The summed E-state index contributed by atoms with van der Waals surface area (Å²) in [5.74, 6) is -1.09. The second-order valence-corrected chi connectivity index (χ2v) is 5.68. The second kappa shape index (κ2) is 9.20. The molecule has 0 spiro atoms. The molecule has 0 bridgehead atoms. The Hall–Kier alpha value is -1.88. The minimum atomic E-state index is -0.549. The highest BCUT2D eigenvalue weighted by molar-refractivity contribution is 6.35. The van der Waals surface area contributed by atoms with E-state index in [0.717, 1.165) is 31.4 Å². The molecule has 3 N–H and O–H groups in total. The molecule has 5 nitrogen and oxygen atoms in total. The highest BCUT2D eigenvalue weighted by Crippen LogP contribution is 2.08. The van der Waals surface area contributed by atoms with Gasteiger partial charge in [-0.1, -0.05) is 36.8 Å². The SMILES string of the molecule is O=C(NCCc1ccccc1)C(=O)NCC[C@H]1CCCCN1. The summed E-state index contributed by atoms with van der Waals surface area (Å²) in [6.45, 7) is 2.07. The van der Waals surface area contributed by atoms with Crippen molar-refractivity contribution in [2.75, 3.05) is 19.6 Å². The molecule has 0 unspecified atom stereocenters. The topological polar surface area (TPSA) is 70.2 Å². The van der Waals surface area contributed by atoms with Gasteiger partial charge in [-0.25, -0.2) is 0 Å². The van der Waals surface area contributed by atoms with Crippen molar-refractivity contribution in [1.82, 2.24) is 16.0 Å². The van der Waals surface area contributed by atoms with Crippen LogP contribution in [-0.2, 0) is 16.0 Å². The molecule has 22 heavy (non-hydrogen) atoms. The van der Waals surface area contributed by atoms with Gasteiger partial charge in [-0.05, 0) is 37.8 Å². The van der Waals surface area contributed by atoms with E-state index < -0.39 is 11.8 Å². The third kappa shape index (κ3) is 5.85. The molecule has 0 radical (unpaired) electrons. The fraction of sp³-hybridized carbons (Fsp3) is 0.529. The third-order valence-electron chi connectivity index (χ3n) is 3.94. The number of amides is 2. The molecule has 1 aromatic carbocycles. The molecule has 0 saturated carbocycles. The predicted molar refractivity (Wildman–Crippen MR) is 86.4 cm³/mol. The molecule has 0 aliphatic carbocycles. The normalized spacial score (nSPS) is 17.7. The lowest BCUT2D eigenvalue weighted by Crippen LogP contribution is -2.43. The summed E-state index contributed by atoms with van der Waals surface area (Å²) in [5.41, 5.74) is 1.14. The number of nitrogens with one attached hydrogen (secondary N) is 3. The maximum absolute atomic E-state index is 11.7. The second-order valence-electron chi connectivity index (χ2n) is 5.68. The molecule has 2 rings (SSSR count). The maximum atomic E-state index is 11.7. The Balaban J connectivity index is 1.57. The van der Waals surface area contributed by atoms with Gasteiger partial charge in [0, 0.05) is 19.1 Å². The van der Waals surface area contributed by atoms with E-state index in [2.05, 4.69) is 16.0 Å². The van der Waals surface area contributed by atoms with Gasteiger partial charge in [0.1, 0.15) is 0 Å². The van der Waals surface area contributed by atoms with E-state index in [1.807, 2.05) is 30.3 Å². The highest BCUT2D eigenvalue weighted by Gasteiger charge is 2.15. The minimum absolute atomic E-state index is 0.468. The van der Waals surface area contributed by atoms with Crippen LogP contribution in [0.2, 0.25) is 0 Å². The van der Waals surface area contributed by atoms with Crippen LogP contribution in [0.5, 0.6) is 0 Å². The Bertz CT molecular complexity index is 470. The number of rotatable bonds is 6. The van der Waals surface area contributed by atoms with Crippen LogP contribution >= 0.6 is 0 Å². The average Bonchev–Trinajstić information content (AvgIpc) is 2.56. The van der Waals surface area contributed by atoms with Gasteiger partial charge in [-0.2, -0.15) is 0 Å².